The van der Waals surface area contributed by atoms with E-state index >= 15 is 0 Å². The molecule has 1 aliphatic carbocycles. The second-order valence-electron chi connectivity index (χ2n) is 7.05. The topological polar surface area (TPSA) is 102 Å². The van der Waals surface area contributed by atoms with Crippen LogP contribution in [0.5, 0.6) is 0 Å². The van der Waals surface area contributed by atoms with Crippen LogP contribution < -0.4 is 10.6 Å². The number of hydrogen-bond acceptors (Lipinski definition) is 6. The molecule has 4 rings (SSSR count). The van der Waals surface area contributed by atoms with E-state index in [4.69, 9.17) is 0 Å². The second-order valence-corrected chi connectivity index (χ2v) is 7.95. The first-order valence-electron chi connectivity index (χ1n) is 9.80. The van der Waals surface area contributed by atoms with Gasteiger partial charge in [0.05, 0.1) is 5.69 Å². The Hall–Kier alpha value is -3.33. The van der Waals surface area contributed by atoms with E-state index in [1.54, 1.807) is 35.1 Å². The first-order chi connectivity index (χ1) is 14.6. The number of carbonyl (C=O) groups is 2. The zero-order valence-corrected chi connectivity index (χ0v) is 17.6. The Morgan fingerprint density at radius 3 is 2.63 bits per heavy atom. The smallest absolute Gasteiger partial charge is 0.274 e. The van der Waals surface area contributed by atoms with Crippen LogP contribution in [0.25, 0.3) is 17.3 Å². The lowest BCUT2D eigenvalue weighted by molar-refractivity contribution is 0.0941. The summed E-state index contributed by atoms with van der Waals surface area (Å²) in [5, 5.41) is 16.9. The molecule has 2 heterocycles. The van der Waals surface area contributed by atoms with Crippen molar-refractivity contribution in [2.45, 2.75) is 32.7 Å². The molecule has 3 aromatic rings. The SMILES string of the molecule is CCNC(=O)c1ccc(-n2nnc(C(=O)NC3CC3)c2C=C(C)c2nccs2)cc1. The number of allylic oxidation sites excluding steroid dienone is 1. The van der Waals surface area contributed by atoms with Gasteiger partial charge in [-0.15, -0.1) is 16.4 Å². The van der Waals surface area contributed by atoms with Gasteiger partial charge in [0, 0.05) is 29.7 Å². The first kappa shape index (κ1) is 20.0. The molecule has 0 saturated heterocycles. The average Bonchev–Trinajstić information content (AvgIpc) is 3.22. The molecule has 1 saturated carbocycles. The Bertz CT molecular complexity index is 1080. The molecular weight excluding hydrogens is 400 g/mol. The summed E-state index contributed by atoms with van der Waals surface area (Å²) in [5.74, 6) is -0.368. The predicted octanol–water partition coefficient (Wildman–Crippen LogP) is 2.93. The maximum Gasteiger partial charge on any atom is 0.274 e. The van der Waals surface area contributed by atoms with E-state index in [1.165, 1.54) is 11.3 Å². The molecular formula is C21H22N6O2S. The molecule has 2 amide bonds. The summed E-state index contributed by atoms with van der Waals surface area (Å²) in [6.07, 6.45) is 5.60. The summed E-state index contributed by atoms with van der Waals surface area (Å²) in [6.45, 7) is 4.38. The van der Waals surface area contributed by atoms with Gasteiger partial charge in [0.1, 0.15) is 10.7 Å². The number of nitrogens with one attached hydrogen (secondary N) is 2. The average molecular weight is 423 g/mol. The number of hydrogen-bond donors (Lipinski definition) is 2. The number of rotatable bonds is 7. The number of nitrogens with zero attached hydrogens (tertiary/aromatic N) is 4. The number of carbonyl (C=O) groups excluding carboxylic acids is 2. The zero-order chi connectivity index (χ0) is 21.1. The second kappa shape index (κ2) is 8.58. The van der Waals surface area contributed by atoms with Gasteiger partial charge in [-0.1, -0.05) is 5.21 Å². The van der Waals surface area contributed by atoms with E-state index in [0.29, 0.717) is 23.5 Å². The van der Waals surface area contributed by atoms with E-state index in [2.05, 4.69) is 25.9 Å². The van der Waals surface area contributed by atoms with Crippen molar-refractivity contribution >= 4 is 34.8 Å². The van der Waals surface area contributed by atoms with Crippen LogP contribution in [0.15, 0.2) is 35.8 Å². The lowest BCUT2D eigenvalue weighted by atomic mass is 10.1. The molecule has 8 nitrogen and oxygen atoms in total. The van der Waals surface area contributed by atoms with E-state index in [0.717, 1.165) is 23.4 Å². The molecule has 0 bridgehead atoms. The van der Waals surface area contributed by atoms with E-state index in [-0.39, 0.29) is 23.6 Å². The van der Waals surface area contributed by atoms with Crippen LogP contribution in [-0.4, -0.2) is 44.4 Å². The Morgan fingerprint density at radius 2 is 2.00 bits per heavy atom. The molecule has 0 atom stereocenters. The molecule has 0 aliphatic heterocycles. The molecule has 0 spiro atoms. The van der Waals surface area contributed by atoms with Crippen LogP contribution in [0, 0.1) is 0 Å². The summed E-state index contributed by atoms with van der Waals surface area (Å²) in [6, 6.07) is 7.26. The first-order valence-corrected chi connectivity index (χ1v) is 10.7. The van der Waals surface area contributed by atoms with Crippen LogP contribution >= 0.6 is 11.3 Å². The minimum atomic E-state index is -0.235. The van der Waals surface area contributed by atoms with Crippen molar-refractivity contribution in [2.24, 2.45) is 0 Å². The highest BCUT2D eigenvalue weighted by Crippen LogP contribution is 2.24. The maximum absolute atomic E-state index is 12.7. The summed E-state index contributed by atoms with van der Waals surface area (Å²) in [7, 11) is 0. The molecule has 0 unspecified atom stereocenters. The lowest BCUT2D eigenvalue weighted by Gasteiger charge is -2.08. The standard InChI is InChI=1S/C21H22N6O2S/c1-3-22-19(28)14-4-8-16(9-5-14)27-17(12-13(2)21-23-10-11-30-21)18(25-26-27)20(29)24-15-6-7-15/h4-5,8-12,15H,3,6-7H2,1-2H3,(H,22,28)(H,24,29). The molecule has 30 heavy (non-hydrogen) atoms. The van der Waals surface area contributed by atoms with Crippen molar-refractivity contribution in [1.82, 2.24) is 30.6 Å². The van der Waals surface area contributed by atoms with E-state index in [1.807, 2.05) is 25.3 Å². The van der Waals surface area contributed by atoms with Gasteiger partial charge < -0.3 is 10.6 Å². The summed E-state index contributed by atoms with van der Waals surface area (Å²) < 4.78 is 1.61. The molecule has 2 aromatic heterocycles. The molecule has 154 valence electrons. The fourth-order valence-electron chi connectivity index (χ4n) is 2.95. The summed E-state index contributed by atoms with van der Waals surface area (Å²) >= 11 is 1.52. The number of amides is 2. The van der Waals surface area contributed by atoms with Crippen molar-refractivity contribution < 1.29 is 9.59 Å². The van der Waals surface area contributed by atoms with Crippen molar-refractivity contribution in [3.8, 4) is 5.69 Å². The van der Waals surface area contributed by atoms with Crippen molar-refractivity contribution in [2.75, 3.05) is 6.54 Å². The monoisotopic (exact) mass is 422 g/mol. The minimum Gasteiger partial charge on any atom is -0.352 e. The molecule has 9 heteroatoms. The third-order valence-corrected chi connectivity index (χ3v) is 5.58. The van der Waals surface area contributed by atoms with Crippen LogP contribution in [-0.2, 0) is 0 Å². The largest absolute Gasteiger partial charge is 0.352 e. The number of aromatic nitrogens is 4. The molecule has 1 aliphatic rings. The van der Waals surface area contributed by atoms with Gasteiger partial charge >= 0.3 is 0 Å². The molecule has 1 aromatic carbocycles. The fraction of sp³-hybridized carbons (Fsp3) is 0.286. The van der Waals surface area contributed by atoms with Gasteiger partial charge in [0.2, 0.25) is 0 Å². The maximum atomic E-state index is 12.7. The highest BCUT2D eigenvalue weighted by atomic mass is 32.1. The third-order valence-electron chi connectivity index (χ3n) is 4.67. The van der Waals surface area contributed by atoms with Crippen molar-refractivity contribution in [3.05, 3.63) is 57.8 Å². The van der Waals surface area contributed by atoms with Crippen LogP contribution in [0.3, 0.4) is 0 Å². The Labute approximate surface area is 178 Å². The highest BCUT2D eigenvalue weighted by Gasteiger charge is 2.27. The van der Waals surface area contributed by atoms with Crippen LogP contribution in [0.1, 0.15) is 58.2 Å². The molecule has 2 N–H and O–H groups in total. The predicted molar refractivity (Wildman–Crippen MR) is 116 cm³/mol. The van der Waals surface area contributed by atoms with Crippen molar-refractivity contribution in [1.29, 1.82) is 0 Å². The summed E-state index contributed by atoms with van der Waals surface area (Å²) in [5.41, 5.74) is 3.02. The number of thiazole rings is 1. The molecule has 1 fully saturated rings. The quantitative estimate of drug-likeness (QED) is 0.610. The molecule has 0 radical (unpaired) electrons. The van der Waals surface area contributed by atoms with Gasteiger partial charge in [-0.2, -0.15) is 0 Å². The number of benzene rings is 1. The van der Waals surface area contributed by atoms with Crippen molar-refractivity contribution in [3.63, 3.8) is 0 Å². The lowest BCUT2D eigenvalue weighted by Crippen LogP contribution is -2.26. The Balaban J connectivity index is 1.72. The highest BCUT2D eigenvalue weighted by molar-refractivity contribution is 7.10. The van der Waals surface area contributed by atoms with E-state index < -0.39 is 0 Å². The van der Waals surface area contributed by atoms with Crippen LogP contribution in [0.4, 0.5) is 0 Å². The van der Waals surface area contributed by atoms with E-state index in [9.17, 15) is 9.59 Å². The van der Waals surface area contributed by atoms with Gasteiger partial charge in [0.25, 0.3) is 11.8 Å². The minimum absolute atomic E-state index is 0.133. The zero-order valence-electron chi connectivity index (χ0n) is 16.8. The fourth-order valence-corrected chi connectivity index (χ4v) is 3.57. The van der Waals surface area contributed by atoms with Gasteiger partial charge in [-0.3, -0.25) is 9.59 Å². The van der Waals surface area contributed by atoms with Gasteiger partial charge in [-0.05, 0) is 62.6 Å². The Morgan fingerprint density at radius 1 is 1.23 bits per heavy atom. The normalized spacial score (nSPS) is 13.9. The van der Waals surface area contributed by atoms with Crippen LogP contribution in [0.2, 0.25) is 0 Å². The van der Waals surface area contributed by atoms with Gasteiger partial charge in [0.15, 0.2) is 5.69 Å². The van der Waals surface area contributed by atoms with Gasteiger partial charge in [-0.25, -0.2) is 9.67 Å². The summed E-state index contributed by atoms with van der Waals surface area (Å²) in [4.78, 5) is 29.1. The third kappa shape index (κ3) is 4.30. The Kier molecular flexibility index (Phi) is 5.71.